The summed E-state index contributed by atoms with van der Waals surface area (Å²) in [6.45, 7) is 3.44. The first-order valence-corrected chi connectivity index (χ1v) is 6.66. The van der Waals surface area contributed by atoms with Gasteiger partial charge in [-0.3, -0.25) is 0 Å². The number of anilines is 1. The summed E-state index contributed by atoms with van der Waals surface area (Å²) in [6, 6.07) is 2.58. The molecule has 1 N–H and O–H groups in total. The molecule has 1 saturated heterocycles. The minimum atomic E-state index is -1.18. The van der Waals surface area contributed by atoms with Gasteiger partial charge in [0.15, 0.2) is 11.6 Å². The molecule has 0 atom stereocenters. The number of benzene rings is 1. The lowest BCUT2D eigenvalue weighted by molar-refractivity contribution is 0.0594. The number of rotatable bonds is 5. The summed E-state index contributed by atoms with van der Waals surface area (Å²) < 4.78 is 31.9. The molecule has 1 aromatic carbocycles. The van der Waals surface area contributed by atoms with E-state index in [0.29, 0.717) is 6.54 Å². The highest BCUT2D eigenvalue weighted by molar-refractivity contribution is 5.90. The van der Waals surface area contributed by atoms with Gasteiger partial charge in [-0.1, -0.05) is 0 Å². The smallest absolute Gasteiger partial charge is 0.340 e. The van der Waals surface area contributed by atoms with Gasteiger partial charge in [0, 0.05) is 13.1 Å². The molecule has 1 heterocycles. The van der Waals surface area contributed by atoms with E-state index in [0.717, 1.165) is 26.7 Å². The number of ether oxygens (including phenoxy) is 1. The molecule has 1 aliphatic heterocycles. The van der Waals surface area contributed by atoms with Crippen LogP contribution >= 0.6 is 0 Å². The number of likely N-dealkylation sites (tertiary alicyclic amines) is 1. The van der Waals surface area contributed by atoms with E-state index >= 15 is 0 Å². The molecule has 0 amide bonds. The molecule has 0 spiro atoms. The predicted octanol–water partition coefficient (Wildman–Crippen LogP) is 2.26. The molecular weight excluding hydrogens is 266 g/mol. The van der Waals surface area contributed by atoms with Crippen molar-refractivity contribution in [1.29, 1.82) is 0 Å². The second-order valence-corrected chi connectivity index (χ2v) is 4.76. The summed E-state index contributed by atoms with van der Waals surface area (Å²) in [6.07, 6.45) is 2.38. The molecule has 110 valence electrons. The van der Waals surface area contributed by atoms with Crippen LogP contribution in [0.15, 0.2) is 12.1 Å². The second kappa shape index (κ2) is 6.65. The van der Waals surface area contributed by atoms with Crippen LogP contribution in [0.4, 0.5) is 14.5 Å². The Morgan fingerprint density at radius 3 is 2.65 bits per heavy atom. The number of nitrogens with zero attached hydrogens (tertiary/aromatic N) is 1. The molecular formula is C14H18F2N2O2. The van der Waals surface area contributed by atoms with Crippen LogP contribution in [0.1, 0.15) is 23.2 Å². The third-order valence-corrected chi connectivity index (χ3v) is 3.43. The Morgan fingerprint density at radius 2 is 2.00 bits per heavy atom. The van der Waals surface area contributed by atoms with E-state index < -0.39 is 23.2 Å². The molecule has 4 nitrogen and oxygen atoms in total. The van der Waals surface area contributed by atoms with Gasteiger partial charge in [0.2, 0.25) is 0 Å². The lowest BCUT2D eigenvalue weighted by Gasteiger charge is -2.16. The Hall–Kier alpha value is -1.69. The van der Waals surface area contributed by atoms with Crippen molar-refractivity contribution < 1.29 is 18.3 Å². The van der Waals surface area contributed by atoms with Gasteiger partial charge in [0.1, 0.15) is 0 Å². The first-order valence-electron chi connectivity index (χ1n) is 6.66. The largest absolute Gasteiger partial charge is 0.465 e. The average Bonchev–Trinajstić information content (AvgIpc) is 2.96. The van der Waals surface area contributed by atoms with E-state index in [-0.39, 0.29) is 5.69 Å². The normalized spacial score (nSPS) is 15.3. The lowest BCUT2D eigenvalue weighted by atomic mass is 10.2. The number of halogens is 2. The van der Waals surface area contributed by atoms with Gasteiger partial charge in [0.05, 0.1) is 18.4 Å². The van der Waals surface area contributed by atoms with Crippen molar-refractivity contribution >= 4 is 11.7 Å². The van der Waals surface area contributed by atoms with E-state index in [4.69, 9.17) is 0 Å². The molecule has 0 radical (unpaired) electrons. The molecule has 6 heteroatoms. The summed E-state index contributed by atoms with van der Waals surface area (Å²) >= 11 is 0. The van der Waals surface area contributed by atoms with Crippen LogP contribution in [0.25, 0.3) is 0 Å². The van der Waals surface area contributed by atoms with Crippen LogP contribution in [0.5, 0.6) is 0 Å². The Balaban J connectivity index is 1.98. The van der Waals surface area contributed by atoms with Crippen LogP contribution in [0, 0.1) is 11.6 Å². The van der Waals surface area contributed by atoms with Gasteiger partial charge in [0.25, 0.3) is 0 Å². The zero-order valence-corrected chi connectivity index (χ0v) is 11.4. The van der Waals surface area contributed by atoms with Gasteiger partial charge >= 0.3 is 5.97 Å². The maximum absolute atomic E-state index is 13.8. The zero-order valence-electron chi connectivity index (χ0n) is 11.4. The van der Waals surface area contributed by atoms with Crippen molar-refractivity contribution in [1.82, 2.24) is 4.90 Å². The number of carbonyl (C=O) groups is 1. The molecule has 0 saturated carbocycles. The fourth-order valence-corrected chi connectivity index (χ4v) is 2.31. The minimum absolute atomic E-state index is 0.0642. The zero-order chi connectivity index (χ0) is 14.5. The molecule has 0 bridgehead atoms. The average molecular weight is 284 g/mol. The summed E-state index contributed by atoms with van der Waals surface area (Å²) in [4.78, 5) is 13.5. The molecule has 0 aliphatic carbocycles. The standard InChI is InChI=1S/C14H18F2N2O2/c1-20-14(19)10-4-5-11(13(16)12(10)15)17-6-9-18-7-2-3-8-18/h4-5,17H,2-3,6-9H2,1H3. The van der Waals surface area contributed by atoms with Crippen LogP contribution in [0.2, 0.25) is 0 Å². The third-order valence-electron chi connectivity index (χ3n) is 3.43. The van der Waals surface area contributed by atoms with E-state index in [2.05, 4.69) is 15.0 Å². The number of hydrogen-bond donors (Lipinski definition) is 1. The lowest BCUT2D eigenvalue weighted by Crippen LogP contribution is -2.26. The highest BCUT2D eigenvalue weighted by Crippen LogP contribution is 2.21. The van der Waals surface area contributed by atoms with Gasteiger partial charge in [-0.25, -0.2) is 13.6 Å². The number of methoxy groups -OCH3 is 1. The highest BCUT2D eigenvalue weighted by Gasteiger charge is 2.19. The van der Waals surface area contributed by atoms with Crippen LogP contribution in [-0.4, -0.2) is 44.2 Å². The summed E-state index contributed by atoms with van der Waals surface area (Å²) in [5, 5.41) is 2.86. The van der Waals surface area contributed by atoms with E-state index in [1.807, 2.05) is 0 Å². The van der Waals surface area contributed by atoms with Crippen molar-refractivity contribution in [3.63, 3.8) is 0 Å². The molecule has 0 aromatic heterocycles. The Morgan fingerprint density at radius 1 is 1.30 bits per heavy atom. The van der Waals surface area contributed by atoms with Crippen molar-refractivity contribution in [2.75, 3.05) is 38.6 Å². The highest BCUT2D eigenvalue weighted by atomic mass is 19.2. The van der Waals surface area contributed by atoms with Gasteiger partial charge in [-0.15, -0.1) is 0 Å². The monoisotopic (exact) mass is 284 g/mol. The Labute approximate surface area is 116 Å². The first-order chi connectivity index (χ1) is 9.63. The third kappa shape index (κ3) is 3.25. The van der Waals surface area contributed by atoms with Crippen LogP contribution in [-0.2, 0) is 4.74 Å². The molecule has 20 heavy (non-hydrogen) atoms. The maximum Gasteiger partial charge on any atom is 0.340 e. The SMILES string of the molecule is COC(=O)c1ccc(NCCN2CCCC2)c(F)c1F. The van der Waals surface area contributed by atoms with E-state index in [1.54, 1.807) is 0 Å². The molecule has 1 aliphatic rings. The fourth-order valence-electron chi connectivity index (χ4n) is 2.31. The second-order valence-electron chi connectivity index (χ2n) is 4.76. The number of esters is 1. The van der Waals surface area contributed by atoms with E-state index in [9.17, 15) is 13.6 Å². The van der Waals surface area contributed by atoms with Crippen molar-refractivity contribution in [2.45, 2.75) is 12.8 Å². The van der Waals surface area contributed by atoms with Crippen molar-refractivity contribution in [3.05, 3.63) is 29.3 Å². The summed E-state index contributed by atoms with van der Waals surface area (Å²) in [5.74, 6) is -3.11. The fraction of sp³-hybridized carbons (Fsp3) is 0.500. The quantitative estimate of drug-likeness (QED) is 0.842. The Bertz CT molecular complexity index is 488. The molecule has 1 fully saturated rings. The number of hydrogen-bond acceptors (Lipinski definition) is 4. The molecule has 1 aromatic rings. The molecule has 0 unspecified atom stereocenters. The first kappa shape index (κ1) is 14.7. The Kier molecular flexibility index (Phi) is 4.89. The topological polar surface area (TPSA) is 41.6 Å². The van der Waals surface area contributed by atoms with Gasteiger partial charge in [-0.05, 0) is 38.1 Å². The van der Waals surface area contributed by atoms with Gasteiger partial charge in [-0.2, -0.15) is 0 Å². The summed E-state index contributed by atoms with van der Waals surface area (Å²) in [5.41, 5.74) is -0.329. The number of carbonyl (C=O) groups excluding carboxylic acids is 1. The predicted molar refractivity (Wildman–Crippen MR) is 71.9 cm³/mol. The van der Waals surface area contributed by atoms with Crippen molar-refractivity contribution in [2.24, 2.45) is 0 Å². The van der Waals surface area contributed by atoms with Crippen molar-refractivity contribution in [3.8, 4) is 0 Å². The van der Waals surface area contributed by atoms with E-state index in [1.165, 1.54) is 25.0 Å². The number of nitrogens with one attached hydrogen (secondary N) is 1. The van der Waals surface area contributed by atoms with Crippen LogP contribution < -0.4 is 5.32 Å². The van der Waals surface area contributed by atoms with Crippen LogP contribution in [0.3, 0.4) is 0 Å². The minimum Gasteiger partial charge on any atom is -0.465 e. The maximum atomic E-state index is 13.8. The molecule has 2 rings (SSSR count). The summed E-state index contributed by atoms with van der Waals surface area (Å²) in [7, 11) is 1.13. The van der Waals surface area contributed by atoms with Gasteiger partial charge < -0.3 is 15.0 Å².